The van der Waals surface area contributed by atoms with Gasteiger partial charge in [-0.3, -0.25) is 9.59 Å². The molecule has 0 spiro atoms. The third kappa shape index (κ3) is 1.92. The largest absolute Gasteiger partial charge is 0.481 e. The molecule has 1 saturated carbocycles. The fraction of sp³-hybridized carbons (Fsp3) is 0.667. The number of carbonyl (C=O) groups is 2. The lowest BCUT2D eigenvalue weighted by Gasteiger charge is -1.96. The van der Waals surface area contributed by atoms with Crippen LogP contribution in [0.4, 0.5) is 0 Å². The van der Waals surface area contributed by atoms with Crippen LogP contribution < -0.4 is 0 Å². The monoisotopic (exact) mass is 222 g/mol. The Morgan fingerprint density at radius 2 is 2.18 bits per heavy atom. The number of alkyl halides is 1. The van der Waals surface area contributed by atoms with E-state index in [1.165, 1.54) is 0 Å². The molecular weight excluding hydrogens is 216 g/mol. The summed E-state index contributed by atoms with van der Waals surface area (Å²) in [5.41, 5.74) is 0.134. The highest BCUT2D eigenvalue weighted by atomic mass is 79.9. The topological polar surface area (TPSA) is 63.6 Å². The molecule has 4 nitrogen and oxygen atoms in total. The van der Waals surface area contributed by atoms with E-state index in [0.717, 1.165) is 0 Å². The van der Waals surface area contributed by atoms with Crippen molar-refractivity contribution < 1.29 is 19.4 Å². The number of carboxylic acid groups (broad SMARTS) is 1. The Kier molecular flexibility index (Phi) is 2.49. The van der Waals surface area contributed by atoms with E-state index >= 15 is 0 Å². The van der Waals surface area contributed by atoms with Gasteiger partial charge in [0, 0.05) is 0 Å². The summed E-state index contributed by atoms with van der Waals surface area (Å²) in [6, 6.07) is 0. The molecule has 0 amide bonds. The molecule has 5 heteroatoms. The summed E-state index contributed by atoms with van der Waals surface area (Å²) in [5.74, 6) is -2.26. The van der Waals surface area contributed by atoms with Gasteiger partial charge in [0.2, 0.25) is 0 Å². The fourth-order valence-electron chi connectivity index (χ4n) is 0.889. The van der Waals surface area contributed by atoms with Gasteiger partial charge in [0.25, 0.3) is 0 Å². The molecule has 0 aromatic carbocycles. The maximum absolute atomic E-state index is 10.8. The van der Waals surface area contributed by atoms with Gasteiger partial charge in [0.05, 0.1) is 11.8 Å². The number of halogens is 1. The van der Waals surface area contributed by atoms with E-state index in [1.54, 1.807) is 0 Å². The van der Waals surface area contributed by atoms with E-state index in [2.05, 4.69) is 20.7 Å². The zero-order valence-corrected chi connectivity index (χ0v) is 7.20. The van der Waals surface area contributed by atoms with Crippen LogP contribution in [0.1, 0.15) is 6.42 Å². The molecule has 0 aromatic rings. The van der Waals surface area contributed by atoms with Crippen molar-refractivity contribution in [2.24, 2.45) is 11.8 Å². The van der Waals surface area contributed by atoms with Crippen LogP contribution in [0.2, 0.25) is 0 Å². The van der Waals surface area contributed by atoms with E-state index in [9.17, 15) is 9.59 Å². The number of ether oxygens (including phenoxy) is 1. The number of carboxylic acids is 1. The normalized spacial score (nSPS) is 27.7. The maximum Gasteiger partial charge on any atom is 0.310 e. The van der Waals surface area contributed by atoms with Crippen molar-refractivity contribution in [3.05, 3.63) is 0 Å². The molecule has 1 fully saturated rings. The third-order valence-electron chi connectivity index (χ3n) is 1.61. The summed E-state index contributed by atoms with van der Waals surface area (Å²) in [6.07, 6.45) is 0.418. The van der Waals surface area contributed by atoms with Crippen molar-refractivity contribution in [3.63, 3.8) is 0 Å². The van der Waals surface area contributed by atoms with E-state index < -0.39 is 23.8 Å². The van der Waals surface area contributed by atoms with Gasteiger partial charge in [0.1, 0.15) is 5.52 Å². The Balaban J connectivity index is 2.32. The summed E-state index contributed by atoms with van der Waals surface area (Å²) in [7, 11) is 0. The first-order valence-electron chi connectivity index (χ1n) is 3.12. The Bertz CT molecular complexity index is 191. The molecule has 1 rings (SSSR count). The van der Waals surface area contributed by atoms with Gasteiger partial charge in [0.15, 0.2) is 0 Å². The summed E-state index contributed by atoms with van der Waals surface area (Å²) in [5, 5.41) is 8.42. The number of esters is 1. The van der Waals surface area contributed by atoms with E-state index in [-0.39, 0.29) is 5.52 Å². The van der Waals surface area contributed by atoms with Crippen LogP contribution >= 0.6 is 15.9 Å². The molecular formula is C6H7BrO4. The minimum atomic E-state index is -0.915. The van der Waals surface area contributed by atoms with Crippen LogP contribution in [0.3, 0.4) is 0 Å². The van der Waals surface area contributed by atoms with Crippen molar-refractivity contribution in [2.75, 3.05) is 5.52 Å². The highest BCUT2D eigenvalue weighted by Gasteiger charge is 2.49. The van der Waals surface area contributed by atoms with E-state index in [4.69, 9.17) is 5.11 Å². The predicted octanol–water partition coefficient (Wildman–Crippen LogP) is 0.603. The van der Waals surface area contributed by atoms with E-state index in [0.29, 0.717) is 6.42 Å². The minimum Gasteiger partial charge on any atom is -0.481 e. The van der Waals surface area contributed by atoms with Crippen molar-refractivity contribution >= 4 is 27.9 Å². The molecule has 1 aliphatic rings. The molecule has 2 unspecified atom stereocenters. The molecule has 0 bridgehead atoms. The molecule has 0 heterocycles. The lowest BCUT2D eigenvalue weighted by molar-refractivity contribution is -0.147. The summed E-state index contributed by atoms with van der Waals surface area (Å²) in [4.78, 5) is 21.1. The summed E-state index contributed by atoms with van der Waals surface area (Å²) in [6.45, 7) is 0. The predicted molar refractivity (Wildman–Crippen MR) is 39.1 cm³/mol. The summed E-state index contributed by atoms with van der Waals surface area (Å²) < 4.78 is 4.56. The van der Waals surface area contributed by atoms with Gasteiger partial charge in [-0.15, -0.1) is 0 Å². The Hall–Kier alpha value is -0.580. The van der Waals surface area contributed by atoms with Gasteiger partial charge >= 0.3 is 11.9 Å². The standard InChI is InChI=1S/C6H7BrO4/c7-2-11-6(10)4-1-3(4)5(8)9/h3-4H,1-2H2,(H,8,9). The molecule has 0 aromatic heterocycles. The number of carbonyl (C=O) groups excluding carboxylic acids is 1. The number of hydrogen-bond donors (Lipinski definition) is 1. The lowest BCUT2D eigenvalue weighted by Crippen LogP contribution is -2.10. The zero-order valence-electron chi connectivity index (χ0n) is 5.62. The average Bonchev–Trinajstić information content (AvgIpc) is 2.65. The van der Waals surface area contributed by atoms with Gasteiger partial charge in [-0.2, -0.15) is 0 Å². The number of rotatable bonds is 3. The molecule has 0 aliphatic heterocycles. The third-order valence-corrected chi connectivity index (χ3v) is 1.84. The SMILES string of the molecule is O=C(O)C1CC1C(=O)OCBr. The molecule has 1 aliphatic carbocycles. The van der Waals surface area contributed by atoms with Gasteiger partial charge in [-0.05, 0) is 22.4 Å². The summed E-state index contributed by atoms with van der Waals surface area (Å²) >= 11 is 2.91. The van der Waals surface area contributed by atoms with Crippen LogP contribution in [-0.4, -0.2) is 22.6 Å². The van der Waals surface area contributed by atoms with E-state index in [1.807, 2.05) is 0 Å². The van der Waals surface area contributed by atoms with Gasteiger partial charge in [-0.25, -0.2) is 0 Å². The number of hydrogen-bond acceptors (Lipinski definition) is 3. The van der Waals surface area contributed by atoms with Crippen LogP contribution in [0.15, 0.2) is 0 Å². The minimum absolute atomic E-state index is 0.134. The van der Waals surface area contributed by atoms with Crippen LogP contribution in [-0.2, 0) is 14.3 Å². The molecule has 11 heavy (non-hydrogen) atoms. The first kappa shape index (κ1) is 8.52. The average molecular weight is 223 g/mol. The Labute approximate surface area is 71.7 Å². The van der Waals surface area contributed by atoms with Crippen LogP contribution in [0, 0.1) is 11.8 Å². The highest BCUT2D eigenvalue weighted by molar-refractivity contribution is 9.09. The number of aliphatic carboxylic acids is 1. The first-order valence-corrected chi connectivity index (χ1v) is 4.24. The second-order valence-electron chi connectivity index (χ2n) is 2.36. The Morgan fingerprint density at radius 3 is 2.55 bits per heavy atom. The molecule has 0 saturated heterocycles. The highest BCUT2D eigenvalue weighted by Crippen LogP contribution is 2.39. The Morgan fingerprint density at radius 1 is 1.55 bits per heavy atom. The second-order valence-corrected chi connectivity index (χ2v) is 2.82. The van der Waals surface area contributed by atoms with Crippen molar-refractivity contribution in [1.29, 1.82) is 0 Å². The second kappa shape index (κ2) is 3.21. The lowest BCUT2D eigenvalue weighted by atomic mass is 10.3. The molecule has 0 radical (unpaired) electrons. The molecule has 2 atom stereocenters. The van der Waals surface area contributed by atoms with Gasteiger partial charge < -0.3 is 9.84 Å². The maximum atomic E-state index is 10.8. The van der Waals surface area contributed by atoms with Crippen molar-refractivity contribution in [1.82, 2.24) is 0 Å². The molecule has 1 N–H and O–H groups in total. The van der Waals surface area contributed by atoms with Crippen LogP contribution in [0.5, 0.6) is 0 Å². The van der Waals surface area contributed by atoms with Crippen molar-refractivity contribution in [3.8, 4) is 0 Å². The zero-order chi connectivity index (χ0) is 8.43. The smallest absolute Gasteiger partial charge is 0.310 e. The fourth-order valence-corrected chi connectivity index (χ4v) is 1.11. The van der Waals surface area contributed by atoms with Crippen LogP contribution in [0.25, 0.3) is 0 Å². The quantitative estimate of drug-likeness (QED) is 0.562. The first-order chi connectivity index (χ1) is 5.16. The van der Waals surface area contributed by atoms with Crippen molar-refractivity contribution in [2.45, 2.75) is 6.42 Å². The van der Waals surface area contributed by atoms with Gasteiger partial charge in [-0.1, -0.05) is 0 Å². The molecule has 62 valence electrons.